The molecule has 1 aromatic rings. The van der Waals surface area contributed by atoms with Crippen LogP contribution in [0, 0.1) is 7.14 Å². The van der Waals surface area contributed by atoms with Crippen LogP contribution in [0.4, 0.5) is 0 Å². The lowest BCUT2D eigenvalue weighted by molar-refractivity contribution is -0.132. The third-order valence-electron chi connectivity index (χ3n) is 3.26. The van der Waals surface area contributed by atoms with Gasteiger partial charge in [0.2, 0.25) is 0 Å². The Labute approximate surface area is 167 Å². The minimum absolute atomic E-state index is 0.0966. The average molecular weight is 556 g/mol. The maximum Gasteiger partial charge on any atom is 0.265 e. The Morgan fingerprint density at radius 1 is 1.13 bits per heavy atom. The highest BCUT2D eigenvalue weighted by atomic mass is 127. The molecule has 0 atom stereocenters. The minimum Gasteiger partial charge on any atom is -0.492 e. The number of likely N-dealkylation sites (N-methyl/N-ethyl adjacent to an activating group) is 2. The monoisotopic (exact) mass is 556 g/mol. The Morgan fingerprint density at radius 3 is 2.04 bits per heavy atom. The summed E-state index contributed by atoms with van der Waals surface area (Å²) in [4.78, 5) is 27.3. The summed E-state index contributed by atoms with van der Waals surface area (Å²) in [6.45, 7) is 2.51. The Hall–Kier alpha value is -0.750. The molecule has 0 spiro atoms. The van der Waals surface area contributed by atoms with Crippen LogP contribution in [0.3, 0.4) is 0 Å². The van der Waals surface area contributed by atoms with E-state index in [4.69, 9.17) is 17.0 Å². The van der Waals surface area contributed by atoms with Crippen LogP contribution in [0.25, 0.3) is 6.08 Å². The topological polar surface area (TPSA) is 49.9 Å². The third kappa shape index (κ3) is 3.68. The molecular formula is C15H14I2N2O3S. The van der Waals surface area contributed by atoms with E-state index in [1.165, 1.54) is 9.80 Å². The van der Waals surface area contributed by atoms with Crippen molar-refractivity contribution in [3.05, 3.63) is 30.4 Å². The number of halogens is 2. The number of carbonyl (C=O) groups is 2. The fourth-order valence-corrected chi connectivity index (χ4v) is 4.38. The van der Waals surface area contributed by atoms with Gasteiger partial charge < -0.3 is 4.74 Å². The summed E-state index contributed by atoms with van der Waals surface area (Å²) in [5.41, 5.74) is 0.868. The maximum atomic E-state index is 12.3. The molecule has 1 saturated heterocycles. The molecule has 8 heteroatoms. The fourth-order valence-electron chi connectivity index (χ4n) is 2.09. The van der Waals surface area contributed by atoms with Crippen molar-refractivity contribution >= 4 is 80.4 Å². The summed E-state index contributed by atoms with van der Waals surface area (Å²) in [7, 11) is 3.13. The van der Waals surface area contributed by atoms with Crippen LogP contribution in [0.15, 0.2) is 17.7 Å². The van der Waals surface area contributed by atoms with Crippen LogP contribution in [-0.4, -0.2) is 47.4 Å². The number of thiocarbonyl (C=S) groups is 1. The smallest absolute Gasteiger partial charge is 0.265 e. The molecule has 1 aromatic carbocycles. The van der Waals surface area contributed by atoms with Crippen molar-refractivity contribution < 1.29 is 14.3 Å². The molecule has 0 bridgehead atoms. The van der Waals surface area contributed by atoms with E-state index in [1.54, 1.807) is 20.2 Å². The van der Waals surface area contributed by atoms with Crippen molar-refractivity contribution in [1.82, 2.24) is 9.80 Å². The van der Waals surface area contributed by atoms with E-state index in [-0.39, 0.29) is 10.7 Å². The lowest BCUT2D eigenvalue weighted by Crippen LogP contribution is -2.52. The average Bonchev–Trinajstić information content (AvgIpc) is 2.51. The van der Waals surface area contributed by atoms with E-state index < -0.39 is 11.8 Å². The molecule has 0 aliphatic carbocycles. The van der Waals surface area contributed by atoms with Crippen LogP contribution < -0.4 is 4.74 Å². The summed E-state index contributed by atoms with van der Waals surface area (Å²) in [6.07, 6.45) is 1.60. The van der Waals surface area contributed by atoms with Gasteiger partial charge in [-0.25, -0.2) is 0 Å². The van der Waals surface area contributed by atoms with Gasteiger partial charge in [0.1, 0.15) is 11.3 Å². The van der Waals surface area contributed by atoms with E-state index >= 15 is 0 Å². The van der Waals surface area contributed by atoms with Crippen molar-refractivity contribution in [1.29, 1.82) is 0 Å². The van der Waals surface area contributed by atoms with E-state index in [9.17, 15) is 9.59 Å². The standard InChI is InChI=1S/C15H14I2N2O3S/c1-4-22-12-10(16)6-8(7-11(12)17)5-9-13(20)18(2)15(23)19(3)14(9)21/h5-7H,4H2,1-3H3. The van der Waals surface area contributed by atoms with Crippen LogP contribution in [0.1, 0.15) is 12.5 Å². The highest BCUT2D eigenvalue weighted by Crippen LogP contribution is 2.30. The van der Waals surface area contributed by atoms with Crippen molar-refractivity contribution in [3.8, 4) is 5.75 Å². The number of hydrogen-bond donors (Lipinski definition) is 0. The molecule has 0 radical (unpaired) electrons. The first kappa shape index (κ1) is 18.6. The summed E-state index contributed by atoms with van der Waals surface area (Å²) in [5.74, 6) is 0.0292. The molecule has 0 N–H and O–H groups in total. The number of carbonyl (C=O) groups excluding carboxylic acids is 2. The van der Waals surface area contributed by atoms with Gasteiger partial charge in [0.15, 0.2) is 5.11 Å². The van der Waals surface area contributed by atoms with Gasteiger partial charge in [0, 0.05) is 14.1 Å². The first-order valence-electron chi connectivity index (χ1n) is 6.71. The molecule has 122 valence electrons. The van der Waals surface area contributed by atoms with Crippen LogP contribution in [0.2, 0.25) is 0 Å². The Bertz CT molecular complexity index is 684. The molecule has 1 fully saturated rings. The molecule has 0 saturated carbocycles. The van der Waals surface area contributed by atoms with E-state index in [0.29, 0.717) is 6.61 Å². The molecule has 0 unspecified atom stereocenters. The second-order valence-corrected chi connectivity index (χ2v) is 7.51. The SMILES string of the molecule is CCOc1c(I)cc(C=C2C(=O)N(C)C(=S)N(C)C2=O)cc1I. The lowest BCUT2D eigenvalue weighted by Gasteiger charge is -2.31. The molecule has 1 heterocycles. The predicted octanol–water partition coefficient (Wildman–Crippen LogP) is 2.89. The van der Waals surface area contributed by atoms with Gasteiger partial charge in [0.25, 0.3) is 11.8 Å². The van der Waals surface area contributed by atoms with Gasteiger partial charge in [-0.05, 0) is 88.1 Å². The van der Waals surface area contributed by atoms with Crippen molar-refractivity contribution in [2.45, 2.75) is 6.92 Å². The zero-order valence-electron chi connectivity index (χ0n) is 12.7. The molecule has 1 aliphatic heterocycles. The third-order valence-corrected chi connectivity index (χ3v) is 5.41. The molecule has 23 heavy (non-hydrogen) atoms. The Kier molecular flexibility index (Phi) is 6.00. The number of amides is 2. The zero-order valence-corrected chi connectivity index (χ0v) is 17.9. The molecule has 1 aliphatic rings. The number of nitrogens with zero attached hydrogens (tertiary/aromatic N) is 2. The fraction of sp³-hybridized carbons (Fsp3) is 0.267. The highest BCUT2D eigenvalue weighted by molar-refractivity contribution is 14.1. The van der Waals surface area contributed by atoms with Crippen LogP contribution in [0.5, 0.6) is 5.75 Å². The molecule has 2 amide bonds. The van der Waals surface area contributed by atoms with Gasteiger partial charge >= 0.3 is 0 Å². The normalized spacial score (nSPS) is 15.3. The van der Waals surface area contributed by atoms with Gasteiger partial charge in [-0.15, -0.1) is 0 Å². The van der Waals surface area contributed by atoms with Crippen molar-refractivity contribution in [3.63, 3.8) is 0 Å². The van der Waals surface area contributed by atoms with Gasteiger partial charge in [-0.2, -0.15) is 0 Å². The summed E-state index contributed by atoms with van der Waals surface area (Å²) >= 11 is 9.44. The van der Waals surface area contributed by atoms with Crippen LogP contribution in [-0.2, 0) is 9.59 Å². The van der Waals surface area contributed by atoms with Gasteiger partial charge in [-0.3, -0.25) is 19.4 Å². The molecular weight excluding hydrogens is 542 g/mol. The molecule has 0 aromatic heterocycles. The van der Waals surface area contributed by atoms with Gasteiger partial charge in [-0.1, -0.05) is 0 Å². The Balaban J connectivity index is 2.47. The lowest BCUT2D eigenvalue weighted by atomic mass is 10.1. The van der Waals surface area contributed by atoms with E-state index in [1.807, 2.05) is 19.1 Å². The minimum atomic E-state index is -0.392. The first-order valence-corrected chi connectivity index (χ1v) is 9.28. The summed E-state index contributed by atoms with van der Waals surface area (Å²) in [5, 5.41) is 0.202. The molecule has 5 nitrogen and oxygen atoms in total. The largest absolute Gasteiger partial charge is 0.492 e. The van der Waals surface area contributed by atoms with E-state index in [2.05, 4.69) is 45.2 Å². The quantitative estimate of drug-likeness (QED) is 0.249. The maximum absolute atomic E-state index is 12.3. The number of rotatable bonds is 3. The predicted molar refractivity (Wildman–Crippen MR) is 109 cm³/mol. The van der Waals surface area contributed by atoms with E-state index in [0.717, 1.165) is 18.5 Å². The summed E-state index contributed by atoms with van der Waals surface area (Å²) in [6, 6.07) is 3.77. The van der Waals surface area contributed by atoms with Crippen LogP contribution >= 0.6 is 57.4 Å². The molecule has 2 rings (SSSR count). The zero-order chi connectivity index (χ0) is 17.3. The van der Waals surface area contributed by atoms with Gasteiger partial charge in [0.05, 0.1) is 13.7 Å². The number of hydrogen-bond acceptors (Lipinski definition) is 4. The second-order valence-electron chi connectivity index (χ2n) is 4.82. The first-order chi connectivity index (χ1) is 10.8. The van der Waals surface area contributed by atoms with Crippen molar-refractivity contribution in [2.75, 3.05) is 20.7 Å². The number of benzene rings is 1. The Morgan fingerprint density at radius 2 is 1.61 bits per heavy atom. The van der Waals surface area contributed by atoms with Crippen molar-refractivity contribution in [2.24, 2.45) is 0 Å². The highest BCUT2D eigenvalue weighted by Gasteiger charge is 2.35. The summed E-state index contributed by atoms with van der Waals surface area (Å²) < 4.78 is 7.45. The number of ether oxygens (including phenoxy) is 1. The second kappa shape index (κ2) is 7.43.